The van der Waals surface area contributed by atoms with E-state index in [1.807, 2.05) is 27.7 Å². The molecule has 1 aromatic heterocycles. The molecule has 4 heteroatoms. The van der Waals surface area contributed by atoms with Crippen LogP contribution >= 0.6 is 0 Å². The van der Waals surface area contributed by atoms with Crippen LogP contribution in [0.4, 0.5) is 4.39 Å². The van der Waals surface area contributed by atoms with Gasteiger partial charge in [-0.05, 0) is 27.7 Å². The van der Waals surface area contributed by atoms with Crippen molar-refractivity contribution in [3.05, 3.63) is 18.0 Å². The second-order valence-electron chi connectivity index (χ2n) is 4.73. The third-order valence-corrected chi connectivity index (χ3v) is 2.15. The number of halogens is 1. The highest BCUT2D eigenvalue weighted by Gasteiger charge is 2.16. The fourth-order valence-electron chi connectivity index (χ4n) is 1.23. The van der Waals surface area contributed by atoms with Gasteiger partial charge in [-0.25, -0.2) is 4.39 Å². The Labute approximate surface area is 90.7 Å². The molecule has 0 spiro atoms. The van der Waals surface area contributed by atoms with Gasteiger partial charge in [-0.2, -0.15) is 5.10 Å². The molecule has 1 rings (SSSR count). The molecule has 1 heterocycles. The largest absolute Gasteiger partial charge is 0.309 e. The fraction of sp³-hybridized carbons (Fsp3) is 0.727. The summed E-state index contributed by atoms with van der Waals surface area (Å²) < 4.78 is 15.4. The molecule has 0 aliphatic heterocycles. The summed E-state index contributed by atoms with van der Waals surface area (Å²) in [7, 11) is 0. The summed E-state index contributed by atoms with van der Waals surface area (Å²) in [5.74, 6) is 0. The standard InChI is InChI=1S/C11H20FN3/c1-5-15-8-9(6-14-15)10(12)7-13-11(2,3)4/h6,8,10,13H,5,7H2,1-4H3. The van der Waals surface area contributed by atoms with E-state index in [-0.39, 0.29) is 5.54 Å². The van der Waals surface area contributed by atoms with E-state index in [1.54, 1.807) is 17.1 Å². The van der Waals surface area contributed by atoms with E-state index in [2.05, 4.69) is 10.4 Å². The summed E-state index contributed by atoms with van der Waals surface area (Å²) in [6.07, 6.45) is 2.37. The molecule has 0 saturated carbocycles. The van der Waals surface area contributed by atoms with Crippen molar-refractivity contribution in [2.75, 3.05) is 6.54 Å². The zero-order valence-electron chi connectivity index (χ0n) is 9.92. The molecule has 0 aliphatic carbocycles. The van der Waals surface area contributed by atoms with Crippen molar-refractivity contribution in [3.63, 3.8) is 0 Å². The normalized spacial score (nSPS) is 14.2. The van der Waals surface area contributed by atoms with Gasteiger partial charge in [-0.1, -0.05) is 0 Å². The molecule has 3 nitrogen and oxygen atoms in total. The Morgan fingerprint density at radius 2 is 2.20 bits per heavy atom. The van der Waals surface area contributed by atoms with Crippen molar-refractivity contribution in [2.24, 2.45) is 0 Å². The van der Waals surface area contributed by atoms with E-state index >= 15 is 0 Å². The Kier molecular flexibility index (Phi) is 3.85. The van der Waals surface area contributed by atoms with Crippen molar-refractivity contribution in [2.45, 2.75) is 46.0 Å². The number of hydrogen-bond donors (Lipinski definition) is 1. The van der Waals surface area contributed by atoms with E-state index < -0.39 is 6.17 Å². The molecule has 15 heavy (non-hydrogen) atoms. The Morgan fingerprint density at radius 3 is 2.67 bits per heavy atom. The minimum atomic E-state index is -0.982. The maximum atomic E-state index is 13.7. The van der Waals surface area contributed by atoms with Gasteiger partial charge in [0.2, 0.25) is 0 Å². The number of rotatable bonds is 4. The number of alkyl halides is 1. The molecule has 1 unspecified atom stereocenters. The molecular formula is C11H20FN3. The highest BCUT2D eigenvalue weighted by atomic mass is 19.1. The molecule has 0 radical (unpaired) electrons. The second-order valence-corrected chi connectivity index (χ2v) is 4.73. The van der Waals surface area contributed by atoms with Gasteiger partial charge in [0.05, 0.1) is 6.20 Å². The highest BCUT2D eigenvalue weighted by Crippen LogP contribution is 2.16. The fourth-order valence-corrected chi connectivity index (χ4v) is 1.23. The van der Waals surface area contributed by atoms with Gasteiger partial charge < -0.3 is 5.32 Å². The summed E-state index contributed by atoms with van der Waals surface area (Å²) in [5.41, 5.74) is 0.596. The Balaban J connectivity index is 2.50. The maximum Gasteiger partial charge on any atom is 0.141 e. The molecule has 0 saturated heterocycles. The number of nitrogens with zero attached hydrogens (tertiary/aromatic N) is 2. The SMILES string of the molecule is CCn1cc(C(F)CNC(C)(C)C)cn1. The third-order valence-electron chi connectivity index (χ3n) is 2.15. The Hall–Kier alpha value is -0.900. The zero-order chi connectivity index (χ0) is 11.5. The molecule has 86 valence electrons. The summed E-state index contributed by atoms with van der Waals surface area (Å²) in [6.45, 7) is 9.16. The van der Waals surface area contributed by atoms with E-state index in [4.69, 9.17) is 0 Å². The zero-order valence-corrected chi connectivity index (χ0v) is 9.92. The summed E-state index contributed by atoms with van der Waals surface area (Å²) in [5, 5.41) is 7.18. The molecular weight excluding hydrogens is 193 g/mol. The summed E-state index contributed by atoms with van der Waals surface area (Å²) in [4.78, 5) is 0. The Morgan fingerprint density at radius 1 is 1.53 bits per heavy atom. The minimum absolute atomic E-state index is 0.0505. The van der Waals surface area contributed by atoms with E-state index in [0.29, 0.717) is 12.1 Å². The van der Waals surface area contributed by atoms with Crippen LogP contribution in [-0.2, 0) is 6.54 Å². The molecule has 1 atom stereocenters. The topological polar surface area (TPSA) is 29.9 Å². The summed E-state index contributed by atoms with van der Waals surface area (Å²) in [6, 6.07) is 0. The van der Waals surface area contributed by atoms with Crippen molar-refractivity contribution >= 4 is 0 Å². The third kappa shape index (κ3) is 4.00. The molecule has 1 N–H and O–H groups in total. The lowest BCUT2D eigenvalue weighted by Gasteiger charge is -2.21. The number of aryl methyl sites for hydroxylation is 1. The van der Waals surface area contributed by atoms with Gasteiger partial charge in [-0.15, -0.1) is 0 Å². The van der Waals surface area contributed by atoms with Crippen LogP contribution in [0.15, 0.2) is 12.4 Å². The van der Waals surface area contributed by atoms with E-state index in [0.717, 1.165) is 6.54 Å². The number of hydrogen-bond acceptors (Lipinski definition) is 2. The smallest absolute Gasteiger partial charge is 0.141 e. The Bertz CT molecular complexity index is 301. The summed E-state index contributed by atoms with van der Waals surface area (Å²) >= 11 is 0. The first kappa shape index (κ1) is 12.2. The lowest BCUT2D eigenvalue weighted by Crippen LogP contribution is -2.37. The van der Waals surface area contributed by atoms with Crippen LogP contribution in [0.2, 0.25) is 0 Å². The predicted octanol–water partition coefficient (Wildman–Crippen LogP) is 2.30. The van der Waals surface area contributed by atoms with Crippen molar-refractivity contribution in [1.82, 2.24) is 15.1 Å². The lowest BCUT2D eigenvalue weighted by molar-refractivity contribution is 0.291. The van der Waals surface area contributed by atoms with E-state index in [9.17, 15) is 4.39 Å². The van der Waals surface area contributed by atoms with Gasteiger partial charge >= 0.3 is 0 Å². The molecule has 0 bridgehead atoms. The number of aromatic nitrogens is 2. The first-order valence-corrected chi connectivity index (χ1v) is 5.34. The molecule has 0 amide bonds. The second kappa shape index (κ2) is 4.75. The van der Waals surface area contributed by atoms with E-state index in [1.165, 1.54) is 0 Å². The van der Waals surface area contributed by atoms with Crippen LogP contribution in [-0.4, -0.2) is 21.9 Å². The molecule has 1 aromatic rings. The predicted molar refractivity (Wildman–Crippen MR) is 59.5 cm³/mol. The first-order valence-electron chi connectivity index (χ1n) is 5.34. The average Bonchev–Trinajstić information content (AvgIpc) is 2.61. The lowest BCUT2D eigenvalue weighted by atomic mass is 10.1. The van der Waals surface area contributed by atoms with Crippen LogP contribution in [0.3, 0.4) is 0 Å². The average molecular weight is 213 g/mol. The van der Waals surface area contributed by atoms with Crippen molar-refractivity contribution in [3.8, 4) is 0 Å². The van der Waals surface area contributed by atoms with Gasteiger partial charge in [0.1, 0.15) is 6.17 Å². The van der Waals surface area contributed by atoms with Gasteiger partial charge in [-0.3, -0.25) is 4.68 Å². The maximum absolute atomic E-state index is 13.7. The van der Waals surface area contributed by atoms with Crippen LogP contribution in [0.25, 0.3) is 0 Å². The molecule has 0 aromatic carbocycles. The van der Waals surface area contributed by atoms with Crippen LogP contribution < -0.4 is 5.32 Å². The first-order chi connectivity index (χ1) is 6.92. The van der Waals surface area contributed by atoms with Crippen LogP contribution in [0.5, 0.6) is 0 Å². The highest BCUT2D eigenvalue weighted by molar-refractivity contribution is 5.08. The quantitative estimate of drug-likeness (QED) is 0.831. The van der Waals surface area contributed by atoms with Crippen molar-refractivity contribution in [1.29, 1.82) is 0 Å². The van der Waals surface area contributed by atoms with Gasteiger partial charge in [0.25, 0.3) is 0 Å². The number of nitrogens with one attached hydrogen (secondary N) is 1. The van der Waals surface area contributed by atoms with Gasteiger partial charge in [0.15, 0.2) is 0 Å². The van der Waals surface area contributed by atoms with Crippen LogP contribution in [0.1, 0.15) is 39.4 Å². The van der Waals surface area contributed by atoms with Crippen LogP contribution in [0, 0.1) is 0 Å². The monoisotopic (exact) mass is 213 g/mol. The van der Waals surface area contributed by atoms with Crippen molar-refractivity contribution < 1.29 is 4.39 Å². The molecule has 0 fully saturated rings. The minimum Gasteiger partial charge on any atom is -0.309 e. The van der Waals surface area contributed by atoms with Gasteiger partial charge in [0, 0.05) is 30.4 Å². The molecule has 0 aliphatic rings.